The molecule has 1 amide bonds. The number of carbonyl (C=O) groups excluding carboxylic acids is 1. The fourth-order valence-corrected chi connectivity index (χ4v) is 4.10. The molecule has 0 aliphatic rings. The van der Waals surface area contributed by atoms with E-state index < -0.39 is 0 Å². The van der Waals surface area contributed by atoms with Crippen molar-refractivity contribution in [2.75, 3.05) is 19.8 Å². The number of hydrogen-bond donors (Lipinski definition) is 1. The summed E-state index contributed by atoms with van der Waals surface area (Å²) in [6, 6.07) is 20.0. The van der Waals surface area contributed by atoms with E-state index >= 15 is 0 Å². The lowest BCUT2D eigenvalue weighted by Gasteiger charge is -2.13. The molecule has 1 N–H and O–H groups in total. The highest BCUT2D eigenvalue weighted by atomic mass is 16.5. The minimum absolute atomic E-state index is 0.110. The van der Waals surface area contributed by atoms with Crippen LogP contribution in [0.25, 0.3) is 11.0 Å². The molecule has 0 atom stereocenters. The second-order valence-electron chi connectivity index (χ2n) is 8.17. The van der Waals surface area contributed by atoms with Crippen molar-refractivity contribution in [3.8, 4) is 11.5 Å². The van der Waals surface area contributed by atoms with Crippen LogP contribution in [0.5, 0.6) is 11.5 Å². The fourth-order valence-electron chi connectivity index (χ4n) is 4.10. The summed E-state index contributed by atoms with van der Waals surface area (Å²) in [5.74, 6) is 1.37. The zero-order valence-corrected chi connectivity index (χ0v) is 20.0. The van der Waals surface area contributed by atoms with Crippen LogP contribution in [0.4, 0.5) is 0 Å². The molecule has 0 unspecified atom stereocenters. The first kappa shape index (κ1) is 23.4. The van der Waals surface area contributed by atoms with Crippen molar-refractivity contribution in [2.24, 2.45) is 0 Å². The third-order valence-electron chi connectivity index (χ3n) is 5.63. The van der Waals surface area contributed by atoms with Gasteiger partial charge >= 0.3 is 0 Å². The van der Waals surface area contributed by atoms with Crippen molar-refractivity contribution >= 4 is 16.9 Å². The Morgan fingerprint density at radius 3 is 2.56 bits per heavy atom. The van der Waals surface area contributed by atoms with Crippen molar-refractivity contribution in [3.05, 3.63) is 89.2 Å². The molecule has 6 nitrogen and oxygen atoms in total. The van der Waals surface area contributed by atoms with E-state index in [1.54, 1.807) is 6.20 Å². The third kappa shape index (κ3) is 5.39. The Bertz CT molecular complexity index is 1280. The lowest BCUT2D eigenvalue weighted by Crippen LogP contribution is -2.28. The van der Waals surface area contributed by atoms with Gasteiger partial charge in [0.05, 0.1) is 24.2 Å². The number of fused-ring (bicyclic) bond motifs is 1. The van der Waals surface area contributed by atoms with Crippen molar-refractivity contribution in [2.45, 2.75) is 33.7 Å². The molecule has 2 aromatic heterocycles. The van der Waals surface area contributed by atoms with Crippen LogP contribution in [0.3, 0.4) is 0 Å². The minimum atomic E-state index is -0.110. The largest absolute Gasteiger partial charge is 0.490 e. The van der Waals surface area contributed by atoms with Gasteiger partial charge < -0.3 is 19.4 Å². The molecule has 0 radical (unpaired) electrons. The van der Waals surface area contributed by atoms with Crippen molar-refractivity contribution in [1.82, 2.24) is 14.9 Å². The first-order valence-corrected chi connectivity index (χ1v) is 11.8. The number of aromatic nitrogens is 2. The van der Waals surface area contributed by atoms with Crippen LogP contribution in [0, 0.1) is 6.92 Å². The van der Waals surface area contributed by atoms with Gasteiger partial charge in [0.25, 0.3) is 5.91 Å². The summed E-state index contributed by atoms with van der Waals surface area (Å²) >= 11 is 0. The van der Waals surface area contributed by atoms with Gasteiger partial charge in [0.1, 0.15) is 5.69 Å². The Labute approximate surface area is 200 Å². The van der Waals surface area contributed by atoms with Gasteiger partial charge in [-0.15, -0.1) is 0 Å². The highest BCUT2D eigenvalue weighted by Crippen LogP contribution is 2.28. The maximum atomic E-state index is 13.2. The van der Waals surface area contributed by atoms with Gasteiger partial charge in [-0.3, -0.25) is 9.78 Å². The molecule has 6 heteroatoms. The summed E-state index contributed by atoms with van der Waals surface area (Å²) < 4.78 is 13.4. The number of nitrogens with zero attached hydrogens (tertiary/aromatic N) is 2. The molecular weight excluding hydrogens is 426 g/mol. The monoisotopic (exact) mass is 457 g/mol. The molecular formula is C28H31N3O3. The Balaban J connectivity index is 1.49. The molecule has 0 saturated heterocycles. The smallest absolute Gasteiger partial charge is 0.268 e. The average Bonchev–Trinajstić information content (AvgIpc) is 3.19. The lowest BCUT2D eigenvalue weighted by atomic mass is 10.1. The van der Waals surface area contributed by atoms with Crippen molar-refractivity contribution in [3.63, 3.8) is 0 Å². The van der Waals surface area contributed by atoms with Gasteiger partial charge in [-0.05, 0) is 68.7 Å². The normalized spacial score (nSPS) is 10.9. The summed E-state index contributed by atoms with van der Waals surface area (Å²) in [5, 5.41) is 3.08. The second kappa shape index (κ2) is 10.9. The van der Waals surface area contributed by atoms with E-state index in [1.165, 1.54) is 5.56 Å². The van der Waals surface area contributed by atoms with Gasteiger partial charge in [-0.1, -0.05) is 35.9 Å². The first-order valence-electron chi connectivity index (χ1n) is 11.8. The number of pyridine rings is 1. The standard InChI is InChI=1S/C28H31N3O3/c1-4-33-26-12-11-21(17-27(26)34-5-2)13-15-30-28(32)25-18-23-24(10-7-14-29-23)31(25)19-22-9-6-8-20(3)16-22/h6-12,14,16-18H,4-5,13,15,19H2,1-3H3,(H,30,32). The molecule has 0 fully saturated rings. The Hall–Kier alpha value is -3.80. The zero-order chi connectivity index (χ0) is 23.9. The van der Waals surface area contributed by atoms with Gasteiger partial charge in [0, 0.05) is 19.3 Å². The lowest BCUT2D eigenvalue weighted by molar-refractivity contribution is 0.0945. The van der Waals surface area contributed by atoms with Gasteiger partial charge in [0.2, 0.25) is 0 Å². The van der Waals surface area contributed by atoms with Crippen LogP contribution in [0.15, 0.2) is 66.9 Å². The highest BCUT2D eigenvalue weighted by Gasteiger charge is 2.16. The van der Waals surface area contributed by atoms with Crippen LogP contribution in [0.2, 0.25) is 0 Å². The maximum absolute atomic E-state index is 13.2. The van der Waals surface area contributed by atoms with Gasteiger partial charge in [0.15, 0.2) is 11.5 Å². The molecule has 176 valence electrons. The molecule has 0 aliphatic heterocycles. The van der Waals surface area contributed by atoms with Crippen LogP contribution in [0.1, 0.15) is 41.0 Å². The Kier molecular flexibility index (Phi) is 7.48. The molecule has 0 aliphatic carbocycles. The Morgan fingerprint density at radius 1 is 0.941 bits per heavy atom. The second-order valence-corrected chi connectivity index (χ2v) is 8.17. The molecule has 2 aromatic carbocycles. The predicted octanol–water partition coefficient (Wildman–Crippen LogP) is 5.16. The maximum Gasteiger partial charge on any atom is 0.268 e. The fraction of sp³-hybridized carbons (Fsp3) is 0.286. The number of carbonyl (C=O) groups is 1. The molecule has 34 heavy (non-hydrogen) atoms. The van der Waals surface area contributed by atoms with Crippen LogP contribution in [-0.4, -0.2) is 35.2 Å². The highest BCUT2D eigenvalue weighted by molar-refractivity contribution is 5.97. The predicted molar refractivity (Wildman–Crippen MR) is 135 cm³/mol. The quantitative estimate of drug-likeness (QED) is 0.357. The van der Waals surface area contributed by atoms with E-state index in [4.69, 9.17) is 9.47 Å². The van der Waals surface area contributed by atoms with E-state index in [1.807, 2.05) is 60.9 Å². The number of benzene rings is 2. The van der Waals surface area contributed by atoms with E-state index in [9.17, 15) is 4.79 Å². The number of rotatable bonds is 10. The minimum Gasteiger partial charge on any atom is -0.490 e. The Morgan fingerprint density at radius 2 is 1.76 bits per heavy atom. The molecule has 2 heterocycles. The van der Waals surface area contributed by atoms with Crippen LogP contribution < -0.4 is 14.8 Å². The van der Waals surface area contributed by atoms with Crippen molar-refractivity contribution < 1.29 is 14.3 Å². The van der Waals surface area contributed by atoms with Gasteiger partial charge in [-0.25, -0.2) is 0 Å². The molecule has 0 saturated carbocycles. The van der Waals surface area contributed by atoms with E-state index in [2.05, 4.69) is 35.4 Å². The SMILES string of the molecule is CCOc1ccc(CCNC(=O)c2cc3ncccc3n2Cc2cccc(C)c2)cc1OCC. The topological polar surface area (TPSA) is 65.4 Å². The van der Waals surface area contributed by atoms with E-state index in [0.29, 0.717) is 38.4 Å². The van der Waals surface area contributed by atoms with Crippen LogP contribution in [-0.2, 0) is 13.0 Å². The summed E-state index contributed by atoms with van der Waals surface area (Å²) in [5.41, 5.74) is 5.79. The van der Waals surface area contributed by atoms with E-state index in [0.717, 1.165) is 33.7 Å². The zero-order valence-electron chi connectivity index (χ0n) is 20.0. The summed E-state index contributed by atoms with van der Waals surface area (Å²) in [6.45, 7) is 8.25. The number of amides is 1. The van der Waals surface area contributed by atoms with Crippen molar-refractivity contribution in [1.29, 1.82) is 0 Å². The summed E-state index contributed by atoms with van der Waals surface area (Å²) in [4.78, 5) is 17.6. The number of aryl methyl sites for hydroxylation is 1. The third-order valence-corrected chi connectivity index (χ3v) is 5.63. The number of nitrogens with one attached hydrogen (secondary N) is 1. The summed E-state index contributed by atoms with van der Waals surface area (Å²) in [7, 11) is 0. The van der Waals surface area contributed by atoms with Crippen LogP contribution >= 0.6 is 0 Å². The molecule has 0 spiro atoms. The molecule has 4 rings (SSSR count). The molecule has 0 bridgehead atoms. The van der Waals surface area contributed by atoms with Gasteiger partial charge in [-0.2, -0.15) is 0 Å². The first-order chi connectivity index (χ1) is 16.6. The molecule has 4 aromatic rings. The van der Waals surface area contributed by atoms with E-state index in [-0.39, 0.29) is 5.91 Å². The number of hydrogen-bond acceptors (Lipinski definition) is 4. The average molecular weight is 458 g/mol. The number of ether oxygens (including phenoxy) is 2. The summed E-state index contributed by atoms with van der Waals surface area (Å²) in [6.07, 6.45) is 2.44.